The lowest BCUT2D eigenvalue weighted by molar-refractivity contribution is -0.366. The molecule has 0 spiro atoms. The van der Waals surface area contributed by atoms with Crippen molar-refractivity contribution in [1.29, 1.82) is 0 Å². The van der Waals surface area contributed by atoms with E-state index in [0.29, 0.717) is 22.6 Å². The first-order chi connectivity index (χ1) is 13.3. The normalized spacial score (nSPS) is 30.4. The molecule has 0 aliphatic carbocycles. The van der Waals surface area contributed by atoms with E-state index in [4.69, 9.17) is 21.1 Å². The van der Waals surface area contributed by atoms with Gasteiger partial charge in [-0.05, 0) is 41.8 Å². The molecule has 1 heterocycles. The van der Waals surface area contributed by atoms with Gasteiger partial charge in [-0.15, -0.1) is 0 Å². The maximum Gasteiger partial charge on any atom is 0.224 e. The van der Waals surface area contributed by atoms with Crippen LogP contribution in [0, 0.1) is 0 Å². The first-order valence-corrected chi connectivity index (χ1v) is 9.15. The van der Waals surface area contributed by atoms with Crippen LogP contribution in [0.4, 0.5) is 0 Å². The number of benzene rings is 2. The summed E-state index contributed by atoms with van der Waals surface area (Å²) in [6, 6.07) is 11.6. The highest BCUT2D eigenvalue weighted by atomic mass is 35.5. The lowest BCUT2D eigenvalue weighted by Crippen LogP contribution is -2.64. The van der Waals surface area contributed by atoms with Crippen LogP contribution in [0.5, 0.6) is 5.75 Å². The summed E-state index contributed by atoms with van der Waals surface area (Å²) in [6.45, 7) is -0.565. The van der Waals surface area contributed by atoms with E-state index >= 15 is 0 Å². The molecule has 0 amide bonds. The number of halogens is 1. The Morgan fingerprint density at radius 2 is 1.75 bits per heavy atom. The minimum Gasteiger partial charge on any atom is -0.508 e. The van der Waals surface area contributed by atoms with E-state index in [2.05, 4.69) is 0 Å². The lowest BCUT2D eigenvalue weighted by Gasteiger charge is -2.47. The summed E-state index contributed by atoms with van der Waals surface area (Å²) in [6.07, 6.45) is -5.35. The average Bonchev–Trinajstić information content (AvgIpc) is 2.70. The highest BCUT2D eigenvalue weighted by Crippen LogP contribution is 2.40. The minimum atomic E-state index is -1.79. The molecule has 1 aliphatic rings. The van der Waals surface area contributed by atoms with Gasteiger partial charge in [-0.1, -0.05) is 29.8 Å². The first-order valence-electron chi connectivity index (χ1n) is 8.77. The molecule has 0 aromatic heterocycles. The van der Waals surface area contributed by atoms with Gasteiger partial charge in [-0.3, -0.25) is 0 Å². The summed E-state index contributed by atoms with van der Waals surface area (Å²) >= 11 is 6.33. The first kappa shape index (κ1) is 21.0. The number of phenols is 1. The highest BCUT2D eigenvalue weighted by Gasteiger charge is 2.55. The molecular weight excluding hydrogens is 388 g/mol. The highest BCUT2D eigenvalue weighted by molar-refractivity contribution is 6.31. The zero-order valence-electron chi connectivity index (χ0n) is 15.2. The van der Waals surface area contributed by atoms with Crippen molar-refractivity contribution in [2.45, 2.75) is 36.6 Å². The summed E-state index contributed by atoms with van der Waals surface area (Å²) in [7, 11) is 1.30. The van der Waals surface area contributed by atoms with Crippen LogP contribution in [0.1, 0.15) is 16.7 Å². The van der Waals surface area contributed by atoms with Crippen molar-refractivity contribution in [2.24, 2.45) is 0 Å². The minimum absolute atomic E-state index is 0.156. The Bertz CT molecular complexity index is 811. The van der Waals surface area contributed by atoms with Gasteiger partial charge in [0, 0.05) is 17.7 Å². The molecule has 28 heavy (non-hydrogen) atoms. The predicted molar refractivity (Wildman–Crippen MR) is 101 cm³/mol. The van der Waals surface area contributed by atoms with Crippen molar-refractivity contribution in [3.05, 3.63) is 64.2 Å². The average molecular weight is 411 g/mol. The molecule has 1 aliphatic heterocycles. The van der Waals surface area contributed by atoms with Gasteiger partial charge >= 0.3 is 0 Å². The van der Waals surface area contributed by atoms with Crippen LogP contribution in [-0.2, 0) is 21.7 Å². The summed E-state index contributed by atoms with van der Waals surface area (Å²) in [5.41, 5.74) is 1.99. The maximum atomic E-state index is 10.6. The summed E-state index contributed by atoms with van der Waals surface area (Å²) in [5, 5.41) is 50.2. The van der Waals surface area contributed by atoms with E-state index in [1.54, 1.807) is 42.5 Å². The Kier molecular flexibility index (Phi) is 6.26. The molecule has 0 saturated carbocycles. The Morgan fingerprint density at radius 1 is 1.07 bits per heavy atom. The van der Waals surface area contributed by atoms with Crippen molar-refractivity contribution in [1.82, 2.24) is 0 Å². The van der Waals surface area contributed by atoms with Crippen molar-refractivity contribution in [2.75, 3.05) is 13.7 Å². The zero-order valence-corrected chi connectivity index (χ0v) is 16.0. The molecule has 5 N–H and O–H groups in total. The van der Waals surface area contributed by atoms with Gasteiger partial charge in [0.1, 0.15) is 30.2 Å². The van der Waals surface area contributed by atoms with Gasteiger partial charge in [0.2, 0.25) is 5.79 Å². The second-order valence-electron chi connectivity index (χ2n) is 6.79. The topological polar surface area (TPSA) is 120 Å². The standard InChI is InChI=1S/C20H23ClO7/c1-27-20(19(26)18(25)17(24)16(10-22)28-20)13-4-7-15(21)12(9-13)8-11-2-5-14(23)6-3-11/h2-7,9,16-19,22-26H,8,10H2,1H3/t16-,17-,18+,19-,20+/m1/s1. The molecule has 3 rings (SSSR count). The van der Waals surface area contributed by atoms with Crippen LogP contribution < -0.4 is 0 Å². The van der Waals surface area contributed by atoms with Gasteiger partial charge in [0.05, 0.1) is 6.61 Å². The number of aliphatic hydroxyl groups excluding tert-OH is 4. The maximum absolute atomic E-state index is 10.6. The molecule has 2 aromatic rings. The Morgan fingerprint density at radius 3 is 2.36 bits per heavy atom. The summed E-state index contributed by atoms with van der Waals surface area (Å²) in [4.78, 5) is 0. The number of phenolic OH excluding ortho intramolecular Hbond substituents is 1. The van der Waals surface area contributed by atoms with Crippen molar-refractivity contribution < 1.29 is 35.0 Å². The molecule has 1 fully saturated rings. The summed E-state index contributed by atoms with van der Waals surface area (Å²) in [5.74, 6) is -1.64. The van der Waals surface area contributed by atoms with Crippen LogP contribution in [0.15, 0.2) is 42.5 Å². The number of ether oxygens (including phenoxy) is 2. The Hall–Kier alpha value is -1.71. The molecule has 1 saturated heterocycles. The molecule has 5 atom stereocenters. The number of rotatable bonds is 5. The van der Waals surface area contributed by atoms with Gasteiger partial charge in [-0.25, -0.2) is 0 Å². The van der Waals surface area contributed by atoms with E-state index in [1.165, 1.54) is 7.11 Å². The fourth-order valence-corrected chi connectivity index (χ4v) is 3.61. The second-order valence-corrected chi connectivity index (χ2v) is 7.19. The van der Waals surface area contributed by atoms with E-state index in [0.717, 1.165) is 5.56 Å². The third kappa shape index (κ3) is 3.75. The molecule has 0 radical (unpaired) electrons. The fourth-order valence-electron chi connectivity index (χ4n) is 3.43. The smallest absolute Gasteiger partial charge is 0.224 e. The summed E-state index contributed by atoms with van der Waals surface area (Å²) < 4.78 is 11.2. The molecule has 0 unspecified atom stereocenters. The molecular formula is C20H23ClO7. The third-order valence-electron chi connectivity index (χ3n) is 5.03. The number of methoxy groups -OCH3 is 1. The second kappa shape index (κ2) is 8.34. The molecule has 152 valence electrons. The predicted octanol–water partition coefficient (Wildman–Crippen LogP) is 0.909. The van der Waals surface area contributed by atoms with Gasteiger partial charge in [0.25, 0.3) is 0 Å². The third-order valence-corrected chi connectivity index (χ3v) is 5.40. The van der Waals surface area contributed by atoms with Crippen LogP contribution in [-0.4, -0.2) is 63.7 Å². The molecule has 7 nitrogen and oxygen atoms in total. The monoisotopic (exact) mass is 410 g/mol. The fraction of sp³-hybridized carbons (Fsp3) is 0.400. The zero-order chi connectivity index (χ0) is 20.5. The van der Waals surface area contributed by atoms with Crippen LogP contribution in [0.25, 0.3) is 0 Å². The van der Waals surface area contributed by atoms with Crippen molar-refractivity contribution >= 4 is 11.6 Å². The van der Waals surface area contributed by atoms with Crippen LogP contribution in [0.3, 0.4) is 0 Å². The van der Waals surface area contributed by atoms with Crippen LogP contribution >= 0.6 is 11.6 Å². The quantitative estimate of drug-likeness (QED) is 0.497. The molecule has 2 aromatic carbocycles. The van der Waals surface area contributed by atoms with E-state index < -0.39 is 36.8 Å². The van der Waals surface area contributed by atoms with Gasteiger partial charge in [0.15, 0.2) is 0 Å². The lowest BCUT2D eigenvalue weighted by atomic mass is 9.87. The number of aliphatic hydroxyl groups is 4. The Balaban J connectivity index is 2.00. The van der Waals surface area contributed by atoms with E-state index in [1.807, 2.05) is 0 Å². The Labute approximate surface area is 167 Å². The molecule has 8 heteroatoms. The molecule has 0 bridgehead atoms. The van der Waals surface area contributed by atoms with Crippen molar-refractivity contribution in [3.63, 3.8) is 0 Å². The van der Waals surface area contributed by atoms with Gasteiger partial charge in [-0.2, -0.15) is 0 Å². The largest absolute Gasteiger partial charge is 0.508 e. The van der Waals surface area contributed by atoms with E-state index in [-0.39, 0.29) is 5.75 Å². The number of aromatic hydroxyl groups is 1. The SMILES string of the molecule is CO[C@@]1(c2ccc(Cl)c(Cc3ccc(O)cc3)c2)O[C@H](CO)[C@@H](O)[C@H](O)[C@H]1O. The van der Waals surface area contributed by atoms with Crippen LogP contribution in [0.2, 0.25) is 5.02 Å². The number of hydrogen-bond donors (Lipinski definition) is 5. The van der Waals surface area contributed by atoms with E-state index in [9.17, 15) is 25.5 Å². The van der Waals surface area contributed by atoms with Crippen molar-refractivity contribution in [3.8, 4) is 5.75 Å². The van der Waals surface area contributed by atoms with Gasteiger partial charge < -0.3 is 35.0 Å². The number of hydrogen-bond acceptors (Lipinski definition) is 7.